The zero-order valence-electron chi connectivity index (χ0n) is 10.3. The quantitative estimate of drug-likeness (QED) is 0.918. The Morgan fingerprint density at radius 1 is 1.37 bits per heavy atom. The third kappa shape index (κ3) is 3.45. The molecule has 0 spiro atoms. The third-order valence-electron chi connectivity index (χ3n) is 2.57. The second kappa shape index (κ2) is 6.34. The van der Waals surface area contributed by atoms with Gasteiger partial charge in [-0.15, -0.1) is 0 Å². The van der Waals surface area contributed by atoms with Crippen LogP contribution in [0.3, 0.4) is 0 Å². The molecule has 2 N–H and O–H groups in total. The standard InChI is InChI=1S/C12H13Cl2N3O2/c1-18-5-4-10(15)12-16-11(17-19-12)7-2-3-8(13)9(14)6-7/h2-3,6,10H,4-5,15H2,1H3. The highest BCUT2D eigenvalue weighted by Crippen LogP contribution is 2.27. The minimum absolute atomic E-state index is 0.344. The molecule has 2 rings (SSSR count). The molecule has 0 radical (unpaired) electrons. The maximum Gasteiger partial charge on any atom is 0.243 e. The predicted molar refractivity (Wildman–Crippen MR) is 73.2 cm³/mol. The molecule has 1 aromatic heterocycles. The van der Waals surface area contributed by atoms with Crippen molar-refractivity contribution >= 4 is 23.2 Å². The molecule has 2 aromatic rings. The van der Waals surface area contributed by atoms with Crippen LogP contribution in [0.15, 0.2) is 22.7 Å². The Morgan fingerprint density at radius 3 is 2.84 bits per heavy atom. The number of halogens is 2. The van der Waals surface area contributed by atoms with Gasteiger partial charge in [-0.2, -0.15) is 4.98 Å². The Hall–Kier alpha value is -1.14. The van der Waals surface area contributed by atoms with E-state index in [1.54, 1.807) is 25.3 Å². The largest absolute Gasteiger partial charge is 0.385 e. The average molecular weight is 302 g/mol. The van der Waals surface area contributed by atoms with Gasteiger partial charge in [0.05, 0.1) is 16.1 Å². The first kappa shape index (κ1) is 14.3. The molecule has 0 aliphatic heterocycles. The highest BCUT2D eigenvalue weighted by molar-refractivity contribution is 6.42. The first-order valence-electron chi connectivity index (χ1n) is 5.65. The van der Waals surface area contributed by atoms with Crippen LogP contribution in [0.4, 0.5) is 0 Å². The van der Waals surface area contributed by atoms with Gasteiger partial charge in [0.25, 0.3) is 0 Å². The Balaban J connectivity index is 2.18. The van der Waals surface area contributed by atoms with Crippen LogP contribution >= 0.6 is 23.2 Å². The summed E-state index contributed by atoms with van der Waals surface area (Å²) in [6.45, 7) is 0.533. The average Bonchev–Trinajstić information content (AvgIpc) is 2.89. The van der Waals surface area contributed by atoms with Crippen LogP contribution in [0.25, 0.3) is 11.4 Å². The molecule has 0 amide bonds. The molecule has 0 saturated heterocycles. The van der Waals surface area contributed by atoms with E-state index in [-0.39, 0.29) is 6.04 Å². The van der Waals surface area contributed by atoms with Crippen molar-refractivity contribution in [2.24, 2.45) is 5.73 Å². The van der Waals surface area contributed by atoms with Crippen LogP contribution in [0.5, 0.6) is 0 Å². The summed E-state index contributed by atoms with van der Waals surface area (Å²) >= 11 is 11.8. The Morgan fingerprint density at radius 2 is 2.16 bits per heavy atom. The molecule has 7 heteroatoms. The fourth-order valence-corrected chi connectivity index (χ4v) is 1.80. The lowest BCUT2D eigenvalue weighted by Gasteiger charge is -2.04. The molecule has 1 heterocycles. The normalized spacial score (nSPS) is 12.6. The van der Waals surface area contributed by atoms with Crippen LogP contribution in [0.1, 0.15) is 18.4 Å². The highest BCUT2D eigenvalue weighted by Gasteiger charge is 2.16. The highest BCUT2D eigenvalue weighted by atomic mass is 35.5. The van der Waals surface area contributed by atoms with E-state index in [1.807, 2.05) is 0 Å². The molecule has 1 unspecified atom stereocenters. The van der Waals surface area contributed by atoms with Gasteiger partial charge in [-0.05, 0) is 24.6 Å². The van der Waals surface area contributed by atoms with Gasteiger partial charge in [0.2, 0.25) is 11.7 Å². The molecule has 1 atom stereocenters. The van der Waals surface area contributed by atoms with E-state index in [0.29, 0.717) is 34.8 Å². The first-order chi connectivity index (χ1) is 9.11. The zero-order valence-corrected chi connectivity index (χ0v) is 11.8. The van der Waals surface area contributed by atoms with Gasteiger partial charge in [-0.1, -0.05) is 28.4 Å². The number of hydrogen-bond acceptors (Lipinski definition) is 5. The smallest absolute Gasteiger partial charge is 0.243 e. The summed E-state index contributed by atoms with van der Waals surface area (Å²) in [5, 5.41) is 4.79. The number of hydrogen-bond donors (Lipinski definition) is 1. The number of aromatic nitrogens is 2. The molecule has 0 saturated carbocycles. The lowest BCUT2D eigenvalue weighted by Crippen LogP contribution is -2.12. The van der Waals surface area contributed by atoms with E-state index in [4.69, 9.17) is 38.2 Å². The molecule has 102 valence electrons. The molecule has 1 aromatic carbocycles. The summed E-state index contributed by atoms with van der Waals surface area (Å²) in [4.78, 5) is 4.24. The second-order valence-electron chi connectivity index (χ2n) is 3.97. The number of rotatable bonds is 5. The second-order valence-corrected chi connectivity index (χ2v) is 4.79. The molecule has 0 fully saturated rings. The number of nitrogens with two attached hydrogens (primary N) is 1. The third-order valence-corrected chi connectivity index (χ3v) is 3.31. The van der Waals surface area contributed by atoms with Crippen molar-refractivity contribution in [3.05, 3.63) is 34.1 Å². The number of ether oxygens (including phenoxy) is 1. The van der Waals surface area contributed by atoms with E-state index >= 15 is 0 Å². The van der Waals surface area contributed by atoms with Crippen molar-refractivity contribution in [2.45, 2.75) is 12.5 Å². The van der Waals surface area contributed by atoms with Crippen molar-refractivity contribution in [3.8, 4) is 11.4 Å². The van der Waals surface area contributed by atoms with Crippen molar-refractivity contribution < 1.29 is 9.26 Å². The molecule has 5 nitrogen and oxygen atoms in total. The van der Waals surface area contributed by atoms with Crippen LogP contribution in [-0.4, -0.2) is 23.9 Å². The number of nitrogens with zero attached hydrogens (tertiary/aromatic N) is 2. The minimum atomic E-state index is -0.344. The van der Waals surface area contributed by atoms with Crippen LogP contribution in [0, 0.1) is 0 Å². The van der Waals surface area contributed by atoms with Crippen molar-refractivity contribution in [1.29, 1.82) is 0 Å². The predicted octanol–water partition coefficient (Wildman–Crippen LogP) is 3.08. The maximum absolute atomic E-state index is 5.94. The van der Waals surface area contributed by atoms with Crippen LogP contribution < -0.4 is 5.73 Å². The van der Waals surface area contributed by atoms with Crippen molar-refractivity contribution in [3.63, 3.8) is 0 Å². The van der Waals surface area contributed by atoms with Gasteiger partial charge < -0.3 is 15.0 Å². The topological polar surface area (TPSA) is 74.2 Å². The molecule has 0 aliphatic carbocycles. The van der Waals surface area contributed by atoms with Gasteiger partial charge in [-0.25, -0.2) is 0 Å². The molecule has 0 aliphatic rings. The minimum Gasteiger partial charge on any atom is -0.385 e. The Bertz CT molecular complexity index is 560. The van der Waals surface area contributed by atoms with Crippen LogP contribution in [0.2, 0.25) is 10.0 Å². The Labute approximate surface area is 120 Å². The summed E-state index contributed by atoms with van der Waals surface area (Å²) in [6, 6.07) is 4.78. The van der Waals surface area contributed by atoms with E-state index in [9.17, 15) is 0 Å². The summed E-state index contributed by atoms with van der Waals surface area (Å²) in [5.74, 6) is 0.805. The van der Waals surface area contributed by atoms with E-state index in [2.05, 4.69) is 10.1 Å². The fourth-order valence-electron chi connectivity index (χ4n) is 1.51. The van der Waals surface area contributed by atoms with Gasteiger partial charge in [0.1, 0.15) is 0 Å². The van der Waals surface area contributed by atoms with Gasteiger partial charge in [-0.3, -0.25) is 0 Å². The van der Waals surface area contributed by atoms with Gasteiger partial charge in [0, 0.05) is 19.3 Å². The number of methoxy groups -OCH3 is 1. The molecular formula is C12H13Cl2N3O2. The molecular weight excluding hydrogens is 289 g/mol. The number of benzene rings is 1. The first-order valence-corrected chi connectivity index (χ1v) is 6.41. The van der Waals surface area contributed by atoms with Gasteiger partial charge >= 0.3 is 0 Å². The van der Waals surface area contributed by atoms with Crippen molar-refractivity contribution in [1.82, 2.24) is 10.1 Å². The van der Waals surface area contributed by atoms with Crippen molar-refractivity contribution in [2.75, 3.05) is 13.7 Å². The summed E-state index contributed by atoms with van der Waals surface area (Å²) in [5.41, 5.74) is 6.63. The molecule has 19 heavy (non-hydrogen) atoms. The lowest BCUT2D eigenvalue weighted by molar-refractivity contribution is 0.182. The zero-order chi connectivity index (χ0) is 13.8. The SMILES string of the molecule is COCCC(N)c1nc(-c2ccc(Cl)c(Cl)c2)no1. The van der Waals surface area contributed by atoms with E-state index < -0.39 is 0 Å². The monoisotopic (exact) mass is 301 g/mol. The Kier molecular flexibility index (Phi) is 4.76. The lowest BCUT2D eigenvalue weighted by atomic mass is 10.2. The maximum atomic E-state index is 5.94. The summed E-state index contributed by atoms with van der Waals surface area (Å²) in [6.07, 6.45) is 0.611. The summed E-state index contributed by atoms with van der Waals surface area (Å²) in [7, 11) is 1.61. The molecule has 0 bridgehead atoms. The van der Waals surface area contributed by atoms with Crippen LogP contribution in [-0.2, 0) is 4.74 Å². The van der Waals surface area contributed by atoms with E-state index in [0.717, 1.165) is 5.56 Å². The van der Waals surface area contributed by atoms with E-state index in [1.165, 1.54) is 0 Å². The fraction of sp³-hybridized carbons (Fsp3) is 0.333. The van der Waals surface area contributed by atoms with Gasteiger partial charge in [0.15, 0.2) is 0 Å². The summed E-state index contributed by atoms with van der Waals surface area (Å²) < 4.78 is 10.1.